The number of benzene rings is 1. The summed E-state index contributed by atoms with van der Waals surface area (Å²) in [6.45, 7) is 3.38. The molecule has 1 aromatic carbocycles. The van der Waals surface area contributed by atoms with Gasteiger partial charge in [-0.05, 0) is 37.5 Å². The molecular formula is C13H20N2O3S. The van der Waals surface area contributed by atoms with Gasteiger partial charge in [0.2, 0.25) is 10.0 Å². The molecule has 1 aliphatic rings. The first-order chi connectivity index (χ1) is 8.95. The second-order valence-corrected chi connectivity index (χ2v) is 6.85. The summed E-state index contributed by atoms with van der Waals surface area (Å²) >= 11 is 0. The Balaban J connectivity index is 2.17. The van der Waals surface area contributed by atoms with Gasteiger partial charge in [0.15, 0.2) is 0 Å². The fraction of sp³-hybridized carbons (Fsp3) is 0.538. The molecule has 5 nitrogen and oxygen atoms in total. The molecule has 6 heteroatoms. The van der Waals surface area contributed by atoms with E-state index in [1.165, 1.54) is 0 Å². The van der Waals surface area contributed by atoms with Crippen LogP contribution >= 0.6 is 0 Å². The second kappa shape index (κ2) is 5.58. The van der Waals surface area contributed by atoms with Gasteiger partial charge in [-0.25, -0.2) is 13.1 Å². The van der Waals surface area contributed by atoms with Crippen molar-refractivity contribution in [3.63, 3.8) is 0 Å². The van der Waals surface area contributed by atoms with Crippen molar-refractivity contribution >= 4 is 10.0 Å². The van der Waals surface area contributed by atoms with Gasteiger partial charge in [-0.1, -0.05) is 12.1 Å². The lowest BCUT2D eigenvalue weighted by atomic mass is 9.97. The summed E-state index contributed by atoms with van der Waals surface area (Å²) < 4.78 is 32.7. The Kier molecular flexibility index (Phi) is 4.25. The monoisotopic (exact) mass is 284 g/mol. The van der Waals surface area contributed by atoms with Crippen LogP contribution in [0.1, 0.15) is 25.3 Å². The first-order valence-corrected chi connectivity index (χ1v) is 7.84. The van der Waals surface area contributed by atoms with Crippen LogP contribution in [0.5, 0.6) is 0 Å². The molecule has 19 heavy (non-hydrogen) atoms. The first-order valence-electron chi connectivity index (χ1n) is 6.36. The Morgan fingerprint density at radius 1 is 1.37 bits per heavy atom. The van der Waals surface area contributed by atoms with E-state index in [4.69, 9.17) is 10.5 Å². The molecule has 0 saturated carbocycles. The summed E-state index contributed by atoms with van der Waals surface area (Å²) in [7, 11) is -3.51. The van der Waals surface area contributed by atoms with Crippen LogP contribution in [0.2, 0.25) is 0 Å². The SMILES string of the molecule is CC1(NS(=O)(=O)c2ccc(CN)cc2)CCCOC1. The first kappa shape index (κ1) is 14.5. The lowest BCUT2D eigenvalue weighted by Crippen LogP contribution is -2.51. The van der Waals surface area contributed by atoms with E-state index in [2.05, 4.69) is 4.72 Å². The number of hydrogen-bond acceptors (Lipinski definition) is 4. The summed E-state index contributed by atoms with van der Waals surface area (Å²) in [6.07, 6.45) is 1.65. The summed E-state index contributed by atoms with van der Waals surface area (Å²) in [5.74, 6) is 0. The van der Waals surface area contributed by atoms with Gasteiger partial charge >= 0.3 is 0 Å². The van der Waals surface area contributed by atoms with Gasteiger partial charge < -0.3 is 10.5 Å². The fourth-order valence-corrected chi connectivity index (χ4v) is 3.62. The minimum absolute atomic E-state index is 0.261. The van der Waals surface area contributed by atoms with Gasteiger partial charge in [0, 0.05) is 13.2 Å². The molecule has 1 atom stereocenters. The molecule has 106 valence electrons. The molecule has 0 aliphatic carbocycles. The minimum Gasteiger partial charge on any atom is -0.380 e. The molecule has 1 unspecified atom stereocenters. The predicted molar refractivity (Wildman–Crippen MR) is 73.1 cm³/mol. The summed E-state index contributed by atoms with van der Waals surface area (Å²) in [5.41, 5.74) is 5.88. The highest BCUT2D eigenvalue weighted by molar-refractivity contribution is 7.89. The number of nitrogens with two attached hydrogens (primary N) is 1. The van der Waals surface area contributed by atoms with Gasteiger partial charge in [-0.2, -0.15) is 0 Å². The average molecular weight is 284 g/mol. The second-order valence-electron chi connectivity index (χ2n) is 5.17. The lowest BCUT2D eigenvalue weighted by molar-refractivity contribution is 0.0386. The van der Waals surface area contributed by atoms with E-state index in [0.717, 1.165) is 18.4 Å². The topological polar surface area (TPSA) is 81.4 Å². The van der Waals surface area contributed by atoms with Crippen LogP contribution < -0.4 is 10.5 Å². The largest absolute Gasteiger partial charge is 0.380 e. The number of rotatable bonds is 4. The maximum absolute atomic E-state index is 12.3. The van der Waals surface area contributed by atoms with Crippen LogP contribution in [0.3, 0.4) is 0 Å². The van der Waals surface area contributed by atoms with Crippen LogP contribution in [0, 0.1) is 0 Å². The quantitative estimate of drug-likeness (QED) is 0.864. The fourth-order valence-electron chi connectivity index (χ4n) is 2.20. The van der Waals surface area contributed by atoms with E-state index in [-0.39, 0.29) is 4.90 Å². The standard InChI is InChI=1S/C13H20N2O3S/c1-13(7-2-8-18-10-13)15-19(16,17)12-5-3-11(9-14)4-6-12/h3-6,15H,2,7-10,14H2,1H3. The van der Waals surface area contributed by atoms with Crippen molar-refractivity contribution in [1.82, 2.24) is 4.72 Å². The highest BCUT2D eigenvalue weighted by atomic mass is 32.2. The van der Waals surface area contributed by atoms with E-state index in [1.54, 1.807) is 24.3 Å². The van der Waals surface area contributed by atoms with Crippen molar-refractivity contribution in [2.75, 3.05) is 13.2 Å². The Morgan fingerprint density at radius 2 is 2.05 bits per heavy atom. The molecule has 1 aliphatic heterocycles. The van der Waals surface area contributed by atoms with E-state index in [1.807, 2.05) is 6.92 Å². The Bertz CT molecular complexity index is 519. The predicted octanol–water partition coefficient (Wildman–Crippen LogP) is 0.993. The maximum atomic E-state index is 12.3. The molecule has 1 aromatic rings. The molecule has 0 amide bonds. The normalized spacial score (nSPS) is 24.3. The smallest absolute Gasteiger partial charge is 0.241 e. The number of hydrogen-bond donors (Lipinski definition) is 2. The zero-order valence-corrected chi connectivity index (χ0v) is 11.9. The summed E-state index contributed by atoms with van der Waals surface area (Å²) in [5, 5.41) is 0. The third-order valence-electron chi connectivity index (χ3n) is 3.29. The van der Waals surface area contributed by atoms with Crippen LogP contribution in [-0.2, 0) is 21.3 Å². The van der Waals surface area contributed by atoms with Gasteiger partial charge in [0.25, 0.3) is 0 Å². The molecule has 1 saturated heterocycles. The van der Waals surface area contributed by atoms with Crippen molar-refractivity contribution < 1.29 is 13.2 Å². The molecule has 1 fully saturated rings. The van der Waals surface area contributed by atoms with E-state index >= 15 is 0 Å². The zero-order chi connectivity index (χ0) is 13.9. The van der Waals surface area contributed by atoms with E-state index in [0.29, 0.717) is 19.8 Å². The Labute approximate surface area is 114 Å². The van der Waals surface area contributed by atoms with Crippen molar-refractivity contribution in [2.24, 2.45) is 5.73 Å². The van der Waals surface area contributed by atoms with E-state index < -0.39 is 15.6 Å². The van der Waals surface area contributed by atoms with Gasteiger partial charge in [-0.15, -0.1) is 0 Å². The third-order valence-corrected chi connectivity index (χ3v) is 4.94. The van der Waals surface area contributed by atoms with Crippen molar-refractivity contribution in [2.45, 2.75) is 36.7 Å². The van der Waals surface area contributed by atoms with Crippen LogP contribution in [-0.4, -0.2) is 27.2 Å². The lowest BCUT2D eigenvalue weighted by Gasteiger charge is -2.33. The molecule has 0 bridgehead atoms. The van der Waals surface area contributed by atoms with Crippen LogP contribution in [0.25, 0.3) is 0 Å². The number of ether oxygens (including phenoxy) is 1. The molecular weight excluding hydrogens is 264 g/mol. The van der Waals surface area contributed by atoms with Gasteiger partial charge in [0.1, 0.15) is 0 Å². The van der Waals surface area contributed by atoms with Crippen LogP contribution in [0.4, 0.5) is 0 Å². The van der Waals surface area contributed by atoms with E-state index in [9.17, 15) is 8.42 Å². The zero-order valence-electron chi connectivity index (χ0n) is 11.1. The summed E-state index contributed by atoms with van der Waals surface area (Å²) in [4.78, 5) is 0.261. The molecule has 2 rings (SSSR count). The molecule has 1 heterocycles. The Morgan fingerprint density at radius 3 is 2.58 bits per heavy atom. The molecule has 0 spiro atoms. The van der Waals surface area contributed by atoms with Crippen molar-refractivity contribution in [3.8, 4) is 0 Å². The minimum atomic E-state index is -3.51. The third kappa shape index (κ3) is 3.54. The van der Waals surface area contributed by atoms with Crippen LogP contribution in [0.15, 0.2) is 29.2 Å². The van der Waals surface area contributed by atoms with Gasteiger partial charge in [0.05, 0.1) is 17.0 Å². The van der Waals surface area contributed by atoms with Crippen molar-refractivity contribution in [3.05, 3.63) is 29.8 Å². The maximum Gasteiger partial charge on any atom is 0.241 e. The van der Waals surface area contributed by atoms with Crippen molar-refractivity contribution in [1.29, 1.82) is 0 Å². The Hall–Kier alpha value is -0.950. The van der Waals surface area contributed by atoms with Gasteiger partial charge in [-0.3, -0.25) is 0 Å². The number of nitrogens with one attached hydrogen (secondary N) is 1. The summed E-state index contributed by atoms with van der Waals surface area (Å²) in [6, 6.07) is 6.62. The highest BCUT2D eigenvalue weighted by Gasteiger charge is 2.32. The average Bonchev–Trinajstić information content (AvgIpc) is 2.38. The molecule has 3 N–H and O–H groups in total. The highest BCUT2D eigenvalue weighted by Crippen LogP contribution is 2.21. The molecule has 0 aromatic heterocycles. The molecule has 0 radical (unpaired) electrons. The number of sulfonamides is 1.